The summed E-state index contributed by atoms with van der Waals surface area (Å²) in [6.07, 6.45) is 4.00. The molecule has 1 aromatic rings. The summed E-state index contributed by atoms with van der Waals surface area (Å²) < 4.78 is 26.3. The summed E-state index contributed by atoms with van der Waals surface area (Å²) in [6, 6.07) is 5.65. The van der Waals surface area contributed by atoms with Crippen molar-refractivity contribution >= 4 is 15.7 Å². The van der Waals surface area contributed by atoms with Crippen LogP contribution in [0, 0.1) is 0 Å². The lowest BCUT2D eigenvalue weighted by molar-refractivity contribution is 0.464. The van der Waals surface area contributed by atoms with Crippen LogP contribution in [0.25, 0.3) is 0 Å². The molecule has 1 saturated carbocycles. The van der Waals surface area contributed by atoms with Crippen LogP contribution in [0.2, 0.25) is 0 Å². The molecule has 0 atom stereocenters. The van der Waals surface area contributed by atoms with E-state index in [1.165, 1.54) is 4.31 Å². The normalized spacial score (nSPS) is 19.4. The third-order valence-corrected chi connectivity index (χ3v) is 5.66. The molecule has 0 aromatic heterocycles. The van der Waals surface area contributed by atoms with Gasteiger partial charge in [0.2, 0.25) is 10.0 Å². The van der Waals surface area contributed by atoms with Gasteiger partial charge in [0.25, 0.3) is 0 Å². The molecule has 1 aromatic carbocycles. The van der Waals surface area contributed by atoms with E-state index in [4.69, 9.17) is 0 Å². The Kier molecular flexibility index (Phi) is 2.83. The topological polar surface area (TPSA) is 49.4 Å². The Hall–Kier alpha value is -1.07. The lowest BCUT2D eigenvalue weighted by Crippen LogP contribution is -2.29. The minimum atomic E-state index is -3.30. The summed E-state index contributed by atoms with van der Waals surface area (Å²) in [5.74, 6) is 0. The summed E-state index contributed by atoms with van der Waals surface area (Å²) in [5.41, 5.74) is 2.20. The third-order valence-electron chi connectivity index (χ3n) is 3.75. The number of anilines is 1. The lowest BCUT2D eigenvalue weighted by Gasteiger charge is -2.21. The summed E-state index contributed by atoms with van der Waals surface area (Å²) in [7, 11) is -1.62. The molecule has 4 nitrogen and oxygen atoms in total. The van der Waals surface area contributed by atoms with Gasteiger partial charge < -0.3 is 5.32 Å². The van der Waals surface area contributed by atoms with Crippen LogP contribution in [0.5, 0.6) is 0 Å². The van der Waals surface area contributed by atoms with Crippen molar-refractivity contribution in [3.8, 4) is 0 Å². The largest absolute Gasteiger partial charge is 0.385 e. The van der Waals surface area contributed by atoms with Crippen LogP contribution in [0.4, 0.5) is 5.69 Å². The molecule has 3 rings (SSSR count). The zero-order valence-electron chi connectivity index (χ0n) is 10.5. The van der Waals surface area contributed by atoms with Gasteiger partial charge in [0.1, 0.15) is 0 Å². The molecule has 2 aliphatic rings. The highest BCUT2D eigenvalue weighted by Gasteiger charge is 2.35. The minimum Gasteiger partial charge on any atom is -0.385 e. The number of nitrogens with one attached hydrogen (secondary N) is 1. The van der Waals surface area contributed by atoms with Gasteiger partial charge in [-0.05, 0) is 49.4 Å². The Labute approximate surface area is 108 Å². The maximum atomic E-state index is 12.4. The predicted molar refractivity (Wildman–Crippen MR) is 71.2 cm³/mol. The van der Waals surface area contributed by atoms with Crippen LogP contribution in [0.15, 0.2) is 23.1 Å². The predicted octanol–water partition coefficient (Wildman–Crippen LogP) is 1.83. The Morgan fingerprint density at radius 3 is 2.83 bits per heavy atom. The van der Waals surface area contributed by atoms with E-state index < -0.39 is 10.0 Å². The monoisotopic (exact) mass is 266 g/mol. The fraction of sp³-hybridized carbons (Fsp3) is 0.538. The van der Waals surface area contributed by atoms with Crippen LogP contribution in [0.1, 0.15) is 24.8 Å². The van der Waals surface area contributed by atoms with Crippen molar-refractivity contribution in [2.24, 2.45) is 0 Å². The Bertz CT molecular complexity index is 564. The molecule has 1 N–H and O–H groups in total. The number of benzene rings is 1. The van der Waals surface area contributed by atoms with Crippen LogP contribution >= 0.6 is 0 Å². The summed E-state index contributed by atoms with van der Waals surface area (Å²) in [6.45, 7) is 0.973. The number of fused-ring (bicyclic) bond motifs is 1. The second-order valence-corrected chi connectivity index (χ2v) is 7.10. The minimum absolute atomic E-state index is 0.212. The molecule has 0 bridgehead atoms. The fourth-order valence-corrected chi connectivity index (χ4v) is 3.88. The van der Waals surface area contributed by atoms with E-state index in [1.807, 2.05) is 12.1 Å². The number of sulfonamides is 1. The van der Waals surface area contributed by atoms with E-state index in [2.05, 4.69) is 5.32 Å². The van der Waals surface area contributed by atoms with Crippen molar-refractivity contribution in [3.05, 3.63) is 23.8 Å². The maximum Gasteiger partial charge on any atom is 0.243 e. The quantitative estimate of drug-likeness (QED) is 0.908. The zero-order chi connectivity index (χ0) is 12.8. The highest BCUT2D eigenvalue weighted by Crippen LogP contribution is 2.32. The molecule has 1 heterocycles. The van der Waals surface area contributed by atoms with Gasteiger partial charge in [-0.3, -0.25) is 0 Å². The van der Waals surface area contributed by atoms with Gasteiger partial charge in [-0.2, -0.15) is 4.31 Å². The Morgan fingerprint density at radius 1 is 1.33 bits per heavy atom. The van der Waals surface area contributed by atoms with Crippen molar-refractivity contribution < 1.29 is 8.42 Å². The zero-order valence-corrected chi connectivity index (χ0v) is 11.3. The highest BCUT2D eigenvalue weighted by atomic mass is 32.2. The number of nitrogens with zero attached hydrogens (tertiary/aromatic N) is 1. The molecule has 98 valence electrons. The van der Waals surface area contributed by atoms with E-state index >= 15 is 0 Å². The first-order valence-electron chi connectivity index (χ1n) is 6.44. The molecular formula is C13H18N2O2S. The smallest absolute Gasteiger partial charge is 0.243 e. The molecule has 18 heavy (non-hydrogen) atoms. The van der Waals surface area contributed by atoms with Crippen molar-refractivity contribution in [2.45, 2.75) is 36.6 Å². The number of rotatable bonds is 3. The van der Waals surface area contributed by atoms with Gasteiger partial charge in [-0.25, -0.2) is 8.42 Å². The lowest BCUT2D eigenvalue weighted by atomic mass is 10.0. The molecule has 0 unspecified atom stereocenters. The summed E-state index contributed by atoms with van der Waals surface area (Å²) in [5, 5.41) is 3.30. The summed E-state index contributed by atoms with van der Waals surface area (Å²) >= 11 is 0. The molecule has 5 heteroatoms. The second kappa shape index (κ2) is 4.24. The first-order chi connectivity index (χ1) is 8.59. The molecule has 0 radical (unpaired) electrons. The molecule has 1 fully saturated rings. The van der Waals surface area contributed by atoms with Crippen molar-refractivity contribution in [1.29, 1.82) is 0 Å². The number of hydrogen-bond donors (Lipinski definition) is 1. The van der Waals surface area contributed by atoms with Gasteiger partial charge in [0.05, 0.1) is 4.90 Å². The molecule has 0 spiro atoms. The third kappa shape index (κ3) is 2.01. The van der Waals surface area contributed by atoms with Crippen LogP contribution in [-0.4, -0.2) is 32.4 Å². The van der Waals surface area contributed by atoms with Gasteiger partial charge in [-0.15, -0.1) is 0 Å². The van der Waals surface area contributed by atoms with Crippen molar-refractivity contribution in [1.82, 2.24) is 4.31 Å². The van der Waals surface area contributed by atoms with Crippen LogP contribution in [-0.2, 0) is 16.4 Å². The average Bonchev–Trinajstić information content (AvgIpc) is 3.21. The van der Waals surface area contributed by atoms with E-state index in [9.17, 15) is 8.42 Å². The second-order valence-electron chi connectivity index (χ2n) is 5.10. The average molecular weight is 266 g/mol. The van der Waals surface area contributed by atoms with Gasteiger partial charge in [-0.1, -0.05) is 0 Å². The Morgan fingerprint density at radius 2 is 2.11 bits per heavy atom. The van der Waals surface area contributed by atoms with E-state index in [0.717, 1.165) is 43.5 Å². The van der Waals surface area contributed by atoms with Crippen LogP contribution < -0.4 is 5.32 Å². The van der Waals surface area contributed by atoms with E-state index in [-0.39, 0.29) is 6.04 Å². The SMILES string of the molecule is CN(C1CC1)S(=O)(=O)c1ccc2c(c1)CCCN2. The number of hydrogen-bond acceptors (Lipinski definition) is 3. The highest BCUT2D eigenvalue weighted by molar-refractivity contribution is 7.89. The maximum absolute atomic E-state index is 12.4. The number of aryl methyl sites for hydroxylation is 1. The standard InChI is InChI=1S/C13H18N2O2S/c1-15(11-4-5-11)18(16,17)12-6-7-13-10(9-12)3-2-8-14-13/h6-7,9,11,14H,2-5,8H2,1H3. The van der Waals surface area contributed by atoms with Crippen molar-refractivity contribution in [3.63, 3.8) is 0 Å². The fourth-order valence-electron chi connectivity index (χ4n) is 2.41. The first-order valence-corrected chi connectivity index (χ1v) is 7.88. The van der Waals surface area contributed by atoms with Crippen LogP contribution in [0.3, 0.4) is 0 Å². The van der Waals surface area contributed by atoms with Crippen molar-refractivity contribution in [2.75, 3.05) is 18.9 Å². The van der Waals surface area contributed by atoms with E-state index in [1.54, 1.807) is 13.1 Å². The van der Waals surface area contributed by atoms with Gasteiger partial charge >= 0.3 is 0 Å². The van der Waals surface area contributed by atoms with E-state index in [0.29, 0.717) is 4.90 Å². The van der Waals surface area contributed by atoms with Gasteiger partial charge in [0, 0.05) is 25.3 Å². The molecule has 0 saturated heterocycles. The molecular weight excluding hydrogens is 248 g/mol. The summed E-state index contributed by atoms with van der Waals surface area (Å²) in [4.78, 5) is 0.430. The molecule has 0 amide bonds. The first kappa shape index (κ1) is 12.0. The molecule has 1 aliphatic carbocycles. The Balaban J connectivity index is 1.96. The van der Waals surface area contributed by atoms with Gasteiger partial charge in [0.15, 0.2) is 0 Å². The molecule has 1 aliphatic heterocycles.